The highest BCUT2D eigenvalue weighted by atomic mass is 32.2. The minimum absolute atomic E-state index is 0.0600. The molecule has 2 aromatic carbocycles. The fourth-order valence-corrected chi connectivity index (χ4v) is 4.61. The van der Waals surface area contributed by atoms with Crippen molar-refractivity contribution in [3.05, 3.63) is 59.4 Å². The average Bonchev–Trinajstić information content (AvgIpc) is 2.59. The van der Waals surface area contributed by atoms with Crippen LogP contribution in [0.5, 0.6) is 0 Å². The lowest BCUT2D eigenvalue weighted by atomic mass is 9.83. The quantitative estimate of drug-likeness (QED) is 0.876. The molecule has 0 unspecified atom stereocenters. The molecule has 5 nitrogen and oxygen atoms in total. The third kappa shape index (κ3) is 3.66. The first kappa shape index (κ1) is 17.4. The molecule has 0 aromatic heterocycles. The Bertz CT molecular complexity index is 912. The summed E-state index contributed by atoms with van der Waals surface area (Å²) in [6.45, 7) is 0.429. The molecule has 1 aliphatic carbocycles. The van der Waals surface area contributed by atoms with Crippen LogP contribution in [0, 0.1) is 5.82 Å². The molecule has 3 N–H and O–H groups in total. The summed E-state index contributed by atoms with van der Waals surface area (Å²) < 4.78 is 38.8. The number of benzene rings is 2. The summed E-state index contributed by atoms with van der Waals surface area (Å²) in [6.07, 6.45) is 2.58. The Hall–Kier alpha value is -2.41. The summed E-state index contributed by atoms with van der Waals surface area (Å²) in [5, 5.41) is 2.61. The fraction of sp³-hybridized carbons (Fsp3) is 0.278. The highest BCUT2D eigenvalue weighted by Gasteiger charge is 2.24. The second-order valence-electron chi connectivity index (χ2n) is 6.16. The molecule has 1 atom stereocenters. The zero-order chi connectivity index (χ0) is 18.0. The Morgan fingerprint density at radius 1 is 1.20 bits per heavy atom. The lowest BCUT2D eigenvalue weighted by Crippen LogP contribution is -2.33. The predicted octanol–water partition coefficient (Wildman–Crippen LogP) is 2.75. The lowest BCUT2D eigenvalue weighted by Gasteiger charge is -2.26. The maximum Gasteiger partial charge on any atom is 0.312 e. The molecule has 0 heterocycles. The molecule has 25 heavy (non-hydrogen) atoms. The van der Waals surface area contributed by atoms with Gasteiger partial charge in [0, 0.05) is 12.5 Å². The zero-order valence-corrected chi connectivity index (χ0v) is 14.4. The molecular formula is C18H19FN2O3S. The van der Waals surface area contributed by atoms with Crippen LogP contribution < -0.4 is 11.1 Å². The fourth-order valence-electron chi connectivity index (χ4n) is 3.26. The van der Waals surface area contributed by atoms with E-state index in [2.05, 4.69) is 5.32 Å². The summed E-state index contributed by atoms with van der Waals surface area (Å²) in [5.74, 6) is -0.473. The molecule has 0 radical (unpaired) electrons. The number of carbonyl (C=O) groups excluding carboxylic acids is 1. The van der Waals surface area contributed by atoms with Crippen LogP contribution in [0.25, 0.3) is 0 Å². The van der Waals surface area contributed by atoms with Crippen LogP contribution in [0.2, 0.25) is 0 Å². The van der Waals surface area contributed by atoms with E-state index in [1.807, 2.05) is 0 Å². The smallest absolute Gasteiger partial charge is 0.312 e. The Morgan fingerprint density at radius 3 is 2.68 bits per heavy atom. The molecule has 132 valence electrons. The number of amides is 2. The molecule has 3 rings (SSSR count). The monoisotopic (exact) mass is 362 g/mol. The third-order valence-electron chi connectivity index (χ3n) is 4.49. The van der Waals surface area contributed by atoms with Crippen LogP contribution in [-0.2, 0) is 16.3 Å². The number of halogens is 1. The van der Waals surface area contributed by atoms with Crippen molar-refractivity contribution in [1.82, 2.24) is 5.32 Å². The van der Waals surface area contributed by atoms with E-state index in [0.717, 1.165) is 36.5 Å². The van der Waals surface area contributed by atoms with Gasteiger partial charge in [-0.25, -0.2) is 17.6 Å². The number of aryl methyl sites for hydroxylation is 1. The number of rotatable bonds is 4. The van der Waals surface area contributed by atoms with Crippen LogP contribution in [0.1, 0.15) is 29.9 Å². The van der Waals surface area contributed by atoms with Gasteiger partial charge in [-0.05, 0) is 60.7 Å². The lowest BCUT2D eigenvalue weighted by molar-refractivity contribution is 0.248. The summed E-state index contributed by atoms with van der Waals surface area (Å²) in [4.78, 5) is 11.0. The zero-order valence-electron chi connectivity index (χ0n) is 13.5. The highest BCUT2D eigenvalue weighted by Crippen LogP contribution is 2.33. The Kier molecular flexibility index (Phi) is 4.76. The number of hydrogen-bond acceptors (Lipinski definition) is 3. The van der Waals surface area contributed by atoms with Crippen LogP contribution in [0.4, 0.5) is 9.18 Å². The second-order valence-corrected chi connectivity index (χ2v) is 8.11. The van der Waals surface area contributed by atoms with Crippen molar-refractivity contribution >= 4 is 15.9 Å². The van der Waals surface area contributed by atoms with Gasteiger partial charge in [-0.2, -0.15) is 0 Å². The van der Waals surface area contributed by atoms with Crippen molar-refractivity contribution in [1.29, 1.82) is 0 Å². The highest BCUT2D eigenvalue weighted by molar-refractivity contribution is 7.91. The van der Waals surface area contributed by atoms with Gasteiger partial charge in [-0.3, -0.25) is 0 Å². The maximum atomic E-state index is 13.4. The van der Waals surface area contributed by atoms with E-state index in [9.17, 15) is 17.6 Å². The number of hydrogen-bond donors (Lipinski definition) is 2. The Morgan fingerprint density at radius 2 is 1.96 bits per heavy atom. The molecule has 0 saturated heterocycles. The first-order valence-electron chi connectivity index (χ1n) is 8.05. The molecule has 2 amide bonds. The second kappa shape index (κ2) is 6.84. The van der Waals surface area contributed by atoms with Crippen molar-refractivity contribution in [3.8, 4) is 0 Å². The van der Waals surface area contributed by atoms with Gasteiger partial charge in [0.05, 0.1) is 9.79 Å². The first-order chi connectivity index (χ1) is 11.9. The van der Waals surface area contributed by atoms with E-state index in [4.69, 9.17) is 5.73 Å². The average molecular weight is 362 g/mol. The number of nitrogens with two attached hydrogens (primary N) is 1. The van der Waals surface area contributed by atoms with Gasteiger partial charge in [0.2, 0.25) is 9.84 Å². The predicted molar refractivity (Wildman–Crippen MR) is 91.6 cm³/mol. The van der Waals surface area contributed by atoms with Crippen LogP contribution in [0.15, 0.2) is 52.3 Å². The number of urea groups is 1. The molecular weight excluding hydrogens is 343 g/mol. The molecule has 1 aliphatic rings. The van der Waals surface area contributed by atoms with Crippen LogP contribution in [0.3, 0.4) is 0 Å². The van der Waals surface area contributed by atoms with Gasteiger partial charge in [-0.1, -0.05) is 12.1 Å². The maximum absolute atomic E-state index is 13.4. The first-order valence-corrected chi connectivity index (χ1v) is 9.53. The summed E-state index contributed by atoms with van der Waals surface area (Å²) >= 11 is 0. The van der Waals surface area contributed by atoms with Crippen molar-refractivity contribution in [2.75, 3.05) is 6.54 Å². The van der Waals surface area contributed by atoms with Gasteiger partial charge in [0.25, 0.3) is 0 Å². The van der Waals surface area contributed by atoms with E-state index in [-0.39, 0.29) is 15.7 Å². The van der Waals surface area contributed by atoms with Gasteiger partial charge < -0.3 is 11.1 Å². The largest absolute Gasteiger partial charge is 0.352 e. The Balaban J connectivity index is 1.94. The number of nitrogens with one attached hydrogen (secondary N) is 1. The number of fused-ring (bicyclic) bond motifs is 1. The molecule has 0 aliphatic heterocycles. The topological polar surface area (TPSA) is 89.3 Å². The minimum Gasteiger partial charge on any atom is -0.352 e. The molecule has 2 aromatic rings. The third-order valence-corrected chi connectivity index (χ3v) is 6.24. The SMILES string of the molecule is NC(=O)NC[C@H]1CCCc2cc(S(=O)(=O)c3cccc(F)c3)ccc21. The number of primary amides is 1. The Labute approximate surface area is 146 Å². The van der Waals surface area contributed by atoms with Gasteiger partial charge in [-0.15, -0.1) is 0 Å². The molecule has 7 heteroatoms. The summed E-state index contributed by atoms with van der Waals surface area (Å²) in [5.41, 5.74) is 7.10. The van der Waals surface area contributed by atoms with Crippen LogP contribution in [-0.4, -0.2) is 21.0 Å². The molecule has 0 saturated carbocycles. The van der Waals surface area contributed by atoms with Gasteiger partial charge in [0.1, 0.15) is 5.82 Å². The van der Waals surface area contributed by atoms with Crippen molar-refractivity contribution in [2.24, 2.45) is 5.73 Å². The summed E-state index contributed by atoms with van der Waals surface area (Å²) in [6, 6.07) is 9.42. The van der Waals surface area contributed by atoms with E-state index in [0.29, 0.717) is 6.54 Å². The van der Waals surface area contributed by atoms with E-state index in [1.165, 1.54) is 18.2 Å². The van der Waals surface area contributed by atoms with Crippen molar-refractivity contribution in [3.63, 3.8) is 0 Å². The molecule has 0 spiro atoms. The standard InChI is InChI=1S/C18H19FN2O3S/c19-14-5-2-6-15(10-14)25(23,24)16-7-8-17-12(9-16)3-1-4-13(17)11-21-18(20)22/h2,5-10,13H,1,3-4,11H2,(H3,20,21,22)/t13-/m1/s1. The molecule has 0 fully saturated rings. The minimum atomic E-state index is -3.77. The van der Waals surface area contributed by atoms with Gasteiger partial charge >= 0.3 is 6.03 Å². The van der Waals surface area contributed by atoms with E-state index in [1.54, 1.807) is 18.2 Å². The van der Waals surface area contributed by atoms with Crippen molar-refractivity contribution in [2.45, 2.75) is 35.0 Å². The molecule has 0 bridgehead atoms. The number of sulfone groups is 1. The summed E-state index contributed by atoms with van der Waals surface area (Å²) in [7, 11) is -3.77. The van der Waals surface area contributed by atoms with E-state index < -0.39 is 21.7 Å². The van der Waals surface area contributed by atoms with Crippen molar-refractivity contribution < 1.29 is 17.6 Å². The normalized spacial score (nSPS) is 16.9. The van der Waals surface area contributed by atoms with E-state index >= 15 is 0 Å². The van der Waals surface area contributed by atoms with Gasteiger partial charge in [0.15, 0.2) is 0 Å². The van der Waals surface area contributed by atoms with Crippen LogP contribution >= 0.6 is 0 Å². The number of carbonyl (C=O) groups is 1.